The van der Waals surface area contributed by atoms with Gasteiger partial charge in [-0.25, -0.2) is 9.59 Å². The summed E-state index contributed by atoms with van der Waals surface area (Å²) in [6.45, 7) is 1.90. The monoisotopic (exact) mass is 425 g/mol. The number of nitrogens with zero attached hydrogens (tertiary/aromatic N) is 2. The zero-order chi connectivity index (χ0) is 22.4. The van der Waals surface area contributed by atoms with E-state index in [2.05, 4.69) is 10.1 Å². The second-order valence-corrected chi connectivity index (χ2v) is 6.22. The van der Waals surface area contributed by atoms with Gasteiger partial charge >= 0.3 is 12.0 Å². The van der Waals surface area contributed by atoms with Crippen LogP contribution >= 0.6 is 0 Å². The molecule has 0 saturated carbocycles. The van der Waals surface area contributed by atoms with Crippen molar-refractivity contribution in [3.05, 3.63) is 53.1 Å². The third-order valence-electron chi connectivity index (χ3n) is 4.20. The van der Waals surface area contributed by atoms with Gasteiger partial charge in [-0.2, -0.15) is 5.26 Å². The third kappa shape index (κ3) is 4.84. The summed E-state index contributed by atoms with van der Waals surface area (Å²) >= 11 is 0. The van der Waals surface area contributed by atoms with Crippen molar-refractivity contribution in [3.63, 3.8) is 0 Å². The smallest absolute Gasteiger partial charge is 0.373 e. The maximum atomic E-state index is 12.7. The number of nitrogens with one attached hydrogen (secondary N) is 1. The largest absolute Gasteiger partial charge is 0.490 e. The summed E-state index contributed by atoms with van der Waals surface area (Å²) in [4.78, 5) is 37.4. The molecule has 31 heavy (non-hydrogen) atoms. The highest BCUT2D eigenvalue weighted by molar-refractivity contribution is 6.13. The Morgan fingerprint density at radius 2 is 2.03 bits per heavy atom. The van der Waals surface area contributed by atoms with Crippen LogP contribution in [-0.2, 0) is 16.1 Å². The van der Waals surface area contributed by atoms with Crippen LogP contribution in [0.3, 0.4) is 0 Å². The quantitative estimate of drug-likeness (QED) is 0.388. The fraction of sp³-hybridized carbons (Fsp3) is 0.238. The van der Waals surface area contributed by atoms with Crippen LogP contribution in [0.4, 0.5) is 4.79 Å². The molecule has 2 aromatic rings. The second kappa shape index (κ2) is 9.49. The lowest BCUT2D eigenvalue weighted by molar-refractivity contribution is -0.123. The summed E-state index contributed by atoms with van der Waals surface area (Å²) in [6, 6.07) is 9.08. The highest BCUT2D eigenvalue weighted by Crippen LogP contribution is 2.30. The molecule has 3 amide bonds. The topological polar surface area (TPSA) is 131 Å². The zero-order valence-electron chi connectivity index (χ0n) is 16.8. The molecular formula is C21H19N3O7. The van der Waals surface area contributed by atoms with Crippen LogP contribution in [0.2, 0.25) is 0 Å². The van der Waals surface area contributed by atoms with Gasteiger partial charge in [0.2, 0.25) is 5.76 Å². The highest BCUT2D eigenvalue weighted by atomic mass is 16.5. The van der Waals surface area contributed by atoms with Gasteiger partial charge in [-0.3, -0.25) is 9.69 Å². The molecule has 0 unspecified atom stereocenters. The summed E-state index contributed by atoms with van der Waals surface area (Å²) in [6.07, 6.45) is 1.50. The first-order valence-corrected chi connectivity index (χ1v) is 9.25. The van der Waals surface area contributed by atoms with Gasteiger partial charge < -0.3 is 23.9 Å². The van der Waals surface area contributed by atoms with Crippen molar-refractivity contribution >= 4 is 24.0 Å². The zero-order valence-corrected chi connectivity index (χ0v) is 16.8. The molecule has 10 nitrogen and oxygen atoms in total. The van der Waals surface area contributed by atoms with Crippen molar-refractivity contribution in [3.8, 4) is 17.6 Å². The first-order valence-electron chi connectivity index (χ1n) is 9.25. The maximum absolute atomic E-state index is 12.7. The number of hydrogen-bond acceptors (Lipinski definition) is 8. The maximum Gasteiger partial charge on any atom is 0.373 e. The van der Waals surface area contributed by atoms with Crippen LogP contribution in [0.1, 0.15) is 28.8 Å². The Morgan fingerprint density at radius 1 is 1.23 bits per heavy atom. The number of rotatable bonds is 8. The van der Waals surface area contributed by atoms with Gasteiger partial charge in [0.05, 0.1) is 20.3 Å². The van der Waals surface area contributed by atoms with E-state index in [1.807, 2.05) is 6.07 Å². The van der Waals surface area contributed by atoms with Gasteiger partial charge in [0.1, 0.15) is 17.5 Å². The van der Waals surface area contributed by atoms with Crippen molar-refractivity contribution in [1.29, 1.82) is 5.26 Å². The molecule has 1 aromatic heterocycles. The number of carbonyl (C=O) groups is 3. The normalized spacial score (nSPS) is 14.4. The van der Waals surface area contributed by atoms with Crippen LogP contribution in [-0.4, -0.2) is 43.1 Å². The Labute approximate surface area is 177 Å². The van der Waals surface area contributed by atoms with Gasteiger partial charge in [0.25, 0.3) is 5.91 Å². The van der Waals surface area contributed by atoms with E-state index in [4.69, 9.17) is 19.2 Å². The van der Waals surface area contributed by atoms with E-state index in [9.17, 15) is 14.4 Å². The van der Waals surface area contributed by atoms with Crippen LogP contribution < -0.4 is 14.8 Å². The standard InChI is InChI=1S/C21H19N3O7/c1-3-29-18-11-13(4-6-16(18)30-9-8-22)10-15-19(25)24(21(27)23-15)12-14-5-7-17(31-14)20(26)28-2/h4-7,10-11H,3,9,12H2,1-2H3,(H,23,27)/b15-10-. The predicted molar refractivity (Wildman–Crippen MR) is 106 cm³/mol. The lowest BCUT2D eigenvalue weighted by atomic mass is 10.1. The third-order valence-corrected chi connectivity index (χ3v) is 4.20. The minimum atomic E-state index is -0.656. The van der Waals surface area contributed by atoms with Crippen molar-refractivity contribution in [2.24, 2.45) is 0 Å². The Morgan fingerprint density at radius 3 is 2.74 bits per heavy atom. The molecular weight excluding hydrogens is 406 g/mol. The molecule has 1 aliphatic heterocycles. The number of carbonyl (C=O) groups excluding carboxylic acids is 3. The number of methoxy groups -OCH3 is 1. The molecule has 1 fully saturated rings. The Bertz CT molecular complexity index is 1080. The first-order chi connectivity index (χ1) is 15.0. The van der Waals surface area contributed by atoms with Crippen molar-refractivity contribution in [2.75, 3.05) is 20.3 Å². The lowest BCUT2D eigenvalue weighted by Crippen LogP contribution is -2.30. The van der Waals surface area contributed by atoms with E-state index in [1.54, 1.807) is 25.1 Å². The van der Waals surface area contributed by atoms with Crippen LogP contribution in [0.15, 0.2) is 40.4 Å². The van der Waals surface area contributed by atoms with E-state index < -0.39 is 17.9 Å². The van der Waals surface area contributed by atoms with Crippen molar-refractivity contribution < 1.29 is 33.0 Å². The average Bonchev–Trinajstić information content (AvgIpc) is 3.33. The molecule has 1 N–H and O–H groups in total. The van der Waals surface area contributed by atoms with E-state index >= 15 is 0 Å². The van der Waals surface area contributed by atoms with E-state index in [-0.39, 0.29) is 30.4 Å². The molecule has 160 valence electrons. The summed E-state index contributed by atoms with van der Waals surface area (Å²) in [5.41, 5.74) is 0.655. The van der Waals surface area contributed by atoms with Gasteiger partial charge in [-0.1, -0.05) is 6.07 Å². The number of imide groups is 1. The summed E-state index contributed by atoms with van der Waals surface area (Å²) in [5.74, 6) is -0.176. The SMILES string of the molecule is CCOc1cc(/C=C2\NC(=O)N(Cc3ccc(C(=O)OC)o3)C2=O)ccc1OCC#N. The Balaban J connectivity index is 1.78. The number of esters is 1. The van der Waals surface area contributed by atoms with Gasteiger partial charge in [-0.15, -0.1) is 0 Å². The molecule has 0 atom stereocenters. The van der Waals surface area contributed by atoms with Crippen LogP contribution in [0, 0.1) is 11.3 Å². The summed E-state index contributed by atoms with van der Waals surface area (Å²) < 4.78 is 20.7. The van der Waals surface area contributed by atoms with Crippen molar-refractivity contribution in [2.45, 2.75) is 13.5 Å². The molecule has 1 aromatic carbocycles. The van der Waals surface area contributed by atoms with Gasteiger partial charge in [0.15, 0.2) is 18.1 Å². The van der Waals surface area contributed by atoms with E-state index in [0.29, 0.717) is 23.7 Å². The van der Waals surface area contributed by atoms with Crippen LogP contribution in [0.25, 0.3) is 6.08 Å². The average molecular weight is 425 g/mol. The first kappa shape index (κ1) is 21.4. The molecule has 0 spiro atoms. The number of nitriles is 1. The number of urea groups is 1. The molecule has 0 radical (unpaired) electrons. The molecule has 0 bridgehead atoms. The highest BCUT2D eigenvalue weighted by Gasteiger charge is 2.34. The molecule has 2 heterocycles. The Hall–Kier alpha value is -4.26. The fourth-order valence-corrected chi connectivity index (χ4v) is 2.82. The second-order valence-electron chi connectivity index (χ2n) is 6.22. The van der Waals surface area contributed by atoms with Crippen molar-refractivity contribution in [1.82, 2.24) is 10.2 Å². The predicted octanol–water partition coefficient (Wildman–Crippen LogP) is 2.46. The molecule has 3 rings (SSSR count). The molecule has 0 aliphatic carbocycles. The van der Waals surface area contributed by atoms with Gasteiger partial charge in [-0.05, 0) is 42.8 Å². The number of hydrogen-bond donors (Lipinski definition) is 1. The summed E-state index contributed by atoms with van der Waals surface area (Å²) in [5, 5.41) is 11.2. The Kier molecular flexibility index (Phi) is 6.57. The van der Waals surface area contributed by atoms with E-state index in [0.717, 1.165) is 4.90 Å². The summed E-state index contributed by atoms with van der Waals surface area (Å²) in [7, 11) is 1.22. The molecule has 1 aliphatic rings. The fourth-order valence-electron chi connectivity index (χ4n) is 2.82. The van der Waals surface area contributed by atoms with Crippen LogP contribution in [0.5, 0.6) is 11.5 Å². The molecule has 10 heteroatoms. The number of benzene rings is 1. The van der Waals surface area contributed by atoms with E-state index in [1.165, 1.54) is 25.3 Å². The minimum Gasteiger partial charge on any atom is -0.490 e. The molecule has 1 saturated heterocycles. The number of furan rings is 1. The minimum absolute atomic E-state index is 0.0255. The lowest BCUT2D eigenvalue weighted by Gasteiger charge is -2.11. The van der Waals surface area contributed by atoms with Gasteiger partial charge in [0, 0.05) is 0 Å². The number of amides is 3. The number of ether oxygens (including phenoxy) is 3.